The molecule has 1 heterocycles. The van der Waals surface area contributed by atoms with Gasteiger partial charge in [0.15, 0.2) is 0 Å². The van der Waals surface area contributed by atoms with Gasteiger partial charge in [0.25, 0.3) is 0 Å². The fraction of sp³-hybridized carbons (Fsp3) is 0.0566. The van der Waals surface area contributed by atoms with Crippen LogP contribution in [0.2, 0.25) is 0 Å². The molecule has 9 aromatic carbocycles. The lowest BCUT2D eigenvalue weighted by molar-refractivity contribution is 0.660. The Bertz CT molecular complexity index is 3140. The summed E-state index contributed by atoms with van der Waals surface area (Å²) in [6, 6.07) is 69.9. The second-order valence-corrected chi connectivity index (χ2v) is 16.4. The molecule has 0 unspecified atom stereocenters. The predicted molar refractivity (Wildman–Crippen MR) is 237 cm³/mol. The summed E-state index contributed by atoms with van der Waals surface area (Å²) < 4.78 is 2.60. The third-order valence-corrected chi connectivity index (χ3v) is 13.0. The summed E-state index contributed by atoms with van der Waals surface area (Å²) in [5.41, 5.74) is 13.6. The maximum Gasteiger partial charge on any atom is 0.0546 e. The molecule has 0 saturated carbocycles. The number of hydrogen-bond acceptors (Lipinski definition) is 2. The molecule has 0 atom stereocenters. The van der Waals surface area contributed by atoms with Crippen molar-refractivity contribution in [2.45, 2.75) is 19.3 Å². The van der Waals surface area contributed by atoms with Crippen molar-refractivity contribution in [2.24, 2.45) is 0 Å². The molecule has 1 aliphatic rings. The van der Waals surface area contributed by atoms with E-state index in [1.807, 2.05) is 11.3 Å². The molecular weight excluding hydrogens is 683 g/mol. The maximum atomic E-state index is 2.52. The molecule has 260 valence electrons. The number of thiophene rings is 1. The van der Waals surface area contributed by atoms with Crippen molar-refractivity contribution in [3.05, 3.63) is 199 Å². The fourth-order valence-corrected chi connectivity index (χ4v) is 10.4. The molecular formula is C53H37NS. The molecule has 0 bridgehead atoms. The Morgan fingerprint density at radius 3 is 1.75 bits per heavy atom. The summed E-state index contributed by atoms with van der Waals surface area (Å²) in [6.07, 6.45) is 0. The highest BCUT2D eigenvalue weighted by Crippen LogP contribution is 2.53. The van der Waals surface area contributed by atoms with E-state index in [9.17, 15) is 0 Å². The van der Waals surface area contributed by atoms with E-state index in [2.05, 4.69) is 207 Å². The van der Waals surface area contributed by atoms with Crippen LogP contribution in [0.15, 0.2) is 188 Å². The summed E-state index contributed by atoms with van der Waals surface area (Å²) in [7, 11) is 0. The van der Waals surface area contributed by atoms with E-state index in [4.69, 9.17) is 0 Å². The molecule has 0 spiro atoms. The first kappa shape index (κ1) is 32.0. The minimum absolute atomic E-state index is 0.133. The van der Waals surface area contributed by atoms with Gasteiger partial charge in [0.2, 0.25) is 0 Å². The van der Waals surface area contributed by atoms with Crippen molar-refractivity contribution in [1.82, 2.24) is 0 Å². The lowest BCUT2D eigenvalue weighted by atomic mass is 9.82. The highest BCUT2D eigenvalue weighted by molar-refractivity contribution is 7.25. The van der Waals surface area contributed by atoms with Gasteiger partial charge in [-0.1, -0.05) is 166 Å². The van der Waals surface area contributed by atoms with Crippen LogP contribution in [-0.4, -0.2) is 0 Å². The topological polar surface area (TPSA) is 3.24 Å². The highest BCUT2D eigenvalue weighted by Gasteiger charge is 2.36. The average molecular weight is 720 g/mol. The first-order valence-electron chi connectivity index (χ1n) is 19.1. The molecule has 0 N–H and O–H groups in total. The second-order valence-electron chi connectivity index (χ2n) is 15.3. The lowest BCUT2D eigenvalue weighted by Crippen LogP contribution is -2.17. The van der Waals surface area contributed by atoms with E-state index >= 15 is 0 Å². The zero-order chi connectivity index (χ0) is 36.7. The molecule has 1 aromatic heterocycles. The standard InChI is InChI=1S/C53H37NS/c1-53(2)47-25-9-7-20-41(47)42-30-28-36(32-48(42)53)54(37-29-31-44-43-21-8-10-27-50(43)55-51(44)33-37)49-26-13-24-46(40-22-11-16-34-14-3-5-18-38(34)40)52(49)45-23-12-17-35-15-4-6-19-39(35)45/h3-33H,1-2H3. The quantitative estimate of drug-likeness (QED) is 0.171. The van der Waals surface area contributed by atoms with E-state index < -0.39 is 0 Å². The van der Waals surface area contributed by atoms with Crippen molar-refractivity contribution in [3.8, 4) is 33.4 Å². The molecule has 0 saturated heterocycles. The maximum absolute atomic E-state index is 2.52. The smallest absolute Gasteiger partial charge is 0.0546 e. The summed E-state index contributed by atoms with van der Waals surface area (Å²) in [5.74, 6) is 0. The van der Waals surface area contributed by atoms with E-state index in [1.54, 1.807) is 0 Å². The third kappa shape index (κ3) is 4.92. The second kappa shape index (κ2) is 12.3. The van der Waals surface area contributed by atoms with Crippen molar-refractivity contribution in [2.75, 3.05) is 4.90 Å². The molecule has 0 fully saturated rings. The Hall–Kier alpha value is -6.48. The number of hydrogen-bond donors (Lipinski definition) is 0. The van der Waals surface area contributed by atoms with E-state index in [1.165, 1.54) is 86.2 Å². The number of fused-ring (bicyclic) bond motifs is 8. The Kier molecular flexibility index (Phi) is 7.14. The van der Waals surface area contributed by atoms with Crippen LogP contribution in [0.5, 0.6) is 0 Å². The highest BCUT2D eigenvalue weighted by atomic mass is 32.1. The van der Waals surface area contributed by atoms with Crippen molar-refractivity contribution >= 4 is 70.1 Å². The summed E-state index contributed by atoms with van der Waals surface area (Å²) >= 11 is 1.87. The Morgan fingerprint density at radius 2 is 0.927 bits per heavy atom. The van der Waals surface area contributed by atoms with Gasteiger partial charge in [-0.3, -0.25) is 0 Å². The van der Waals surface area contributed by atoms with Crippen LogP contribution in [0.25, 0.3) is 75.1 Å². The molecule has 11 rings (SSSR count). The number of benzene rings is 9. The third-order valence-electron chi connectivity index (χ3n) is 11.9. The summed E-state index contributed by atoms with van der Waals surface area (Å²) in [6.45, 7) is 4.75. The van der Waals surface area contributed by atoms with Gasteiger partial charge in [0.1, 0.15) is 0 Å². The largest absolute Gasteiger partial charge is 0.310 e. The molecule has 1 aliphatic carbocycles. The molecule has 10 aromatic rings. The molecule has 0 radical (unpaired) electrons. The minimum atomic E-state index is -0.133. The molecule has 55 heavy (non-hydrogen) atoms. The SMILES string of the molecule is CC1(C)c2ccccc2-c2ccc(N(c3ccc4c(c3)sc3ccccc34)c3cccc(-c4cccc5ccccc45)c3-c3cccc4ccccc34)cc21. The van der Waals surface area contributed by atoms with Crippen LogP contribution in [0.3, 0.4) is 0 Å². The van der Waals surface area contributed by atoms with Gasteiger partial charge in [0, 0.05) is 42.5 Å². The van der Waals surface area contributed by atoms with Crippen molar-refractivity contribution < 1.29 is 0 Å². The van der Waals surface area contributed by atoms with Crippen LogP contribution in [0.4, 0.5) is 17.1 Å². The summed E-state index contributed by atoms with van der Waals surface area (Å²) in [5, 5.41) is 7.57. The molecule has 0 aliphatic heterocycles. The fourth-order valence-electron chi connectivity index (χ4n) is 9.25. The van der Waals surface area contributed by atoms with E-state index in [0.717, 1.165) is 17.1 Å². The van der Waals surface area contributed by atoms with E-state index in [-0.39, 0.29) is 5.41 Å². The monoisotopic (exact) mass is 719 g/mol. The van der Waals surface area contributed by atoms with Crippen LogP contribution >= 0.6 is 11.3 Å². The number of nitrogens with zero attached hydrogens (tertiary/aromatic N) is 1. The van der Waals surface area contributed by atoms with Gasteiger partial charge in [-0.2, -0.15) is 0 Å². The van der Waals surface area contributed by atoms with Gasteiger partial charge < -0.3 is 4.90 Å². The molecule has 0 amide bonds. The summed E-state index contributed by atoms with van der Waals surface area (Å²) in [4.78, 5) is 2.52. The van der Waals surface area contributed by atoms with Crippen LogP contribution in [-0.2, 0) is 5.41 Å². The Balaban J connectivity index is 1.24. The predicted octanol–water partition coefficient (Wildman–Crippen LogP) is 15.5. The van der Waals surface area contributed by atoms with E-state index in [0.29, 0.717) is 0 Å². The van der Waals surface area contributed by atoms with Crippen molar-refractivity contribution in [3.63, 3.8) is 0 Å². The zero-order valence-corrected chi connectivity index (χ0v) is 31.6. The Labute approximate surface area is 325 Å². The number of rotatable bonds is 5. The van der Waals surface area contributed by atoms with Crippen LogP contribution in [0, 0.1) is 0 Å². The number of anilines is 3. The Morgan fingerprint density at radius 1 is 0.382 bits per heavy atom. The van der Waals surface area contributed by atoms with Gasteiger partial charge in [-0.05, 0) is 96.9 Å². The molecule has 2 heteroatoms. The molecule has 1 nitrogen and oxygen atoms in total. The lowest BCUT2D eigenvalue weighted by Gasteiger charge is -2.31. The van der Waals surface area contributed by atoms with Gasteiger partial charge in [-0.25, -0.2) is 0 Å². The van der Waals surface area contributed by atoms with Gasteiger partial charge in [0.05, 0.1) is 5.69 Å². The first-order chi connectivity index (χ1) is 27.0. The van der Waals surface area contributed by atoms with Crippen molar-refractivity contribution in [1.29, 1.82) is 0 Å². The normalized spacial score (nSPS) is 13.1. The first-order valence-corrected chi connectivity index (χ1v) is 19.9. The zero-order valence-electron chi connectivity index (χ0n) is 30.8. The van der Waals surface area contributed by atoms with Crippen LogP contribution < -0.4 is 4.90 Å². The minimum Gasteiger partial charge on any atom is -0.310 e. The average Bonchev–Trinajstić information content (AvgIpc) is 3.71. The van der Waals surface area contributed by atoms with Crippen LogP contribution in [0.1, 0.15) is 25.0 Å². The van der Waals surface area contributed by atoms with Gasteiger partial charge in [-0.15, -0.1) is 11.3 Å². The van der Waals surface area contributed by atoms with Gasteiger partial charge >= 0.3 is 0 Å².